The van der Waals surface area contributed by atoms with E-state index in [2.05, 4.69) is 4.40 Å². The molecule has 10 heteroatoms. The van der Waals surface area contributed by atoms with Crippen LogP contribution in [0.1, 0.15) is 36.7 Å². The van der Waals surface area contributed by atoms with E-state index in [9.17, 15) is 13.2 Å². The molecule has 1 aliphatic heterocycles. The smallest absolute Gasteiger partial charge is 0.286 e. The maximum absolute atomic E-state index is 13.2. The van der Waals surface area contributed by atoms with E-state index in [1.54, 1.807) is 38.2 Å². The molecule has 0 saturated heterocycles. The van der Waals surface area contributed by atoms with Crippen molar-refractivity contribution in [3.8, 4) is 17.2 Å². The summed E-state index contributed by atoms with van der Waals surface area (Å²) in [6.07, 6.45) is 0. The van der Waals surface area contributed by atoms with E-state index in [0.29, 0.717) is 41.2 Å². The van der Waals surface area contributed by atoms with Crippen molar-refractivity contribution in [1.29, 1.82) is 0 Å². The number of rotatable bonds is 8. The number of nitrogens with zero attached hydrogens (tertiary/aromatic N) is 3. The summed E-state index contributed by atoms with van der Waals surface area (Å²) in [6, 6.07) is 8.26. The van der Waals surface area contributed by atoms with Crippen LogP contribution in [0.25, 0.3) is 0 Å². The number of carbonyl (C=O) groups is 1. The van der Waals surface area contributed by atoms with Crippen molar-refractivity contribution in [1.82, 2.24) is 4.90 Å². The average molecular weight is 490 g/mol. The molecule has 2 aromatic carbocycles. The third kappa shape index (κ3) is 4.96. The van der Waals surface area contributed by atoms with Gasteiger partial charge in [0, 0.05) is 25.7 Å². The molecule has 34 heavy (non-hydrogen) atoms. The summed E-state index contributed by atoms with van der Waals surface area (Å²) in [5.41, 5.74) is 1.56. The lowest BCUT2D eigenvalue weighted by atomic mass is 10.1. The summed E-state index contributed by atoms with van der Waals surface area (Å²) in [5, 5.41) is 0. The Kier molecular flexibility index (Phi) is 7.40. The highest BCUT2D eigenvalue weighted by Crippen LogP contribution is 2.38. The van der Waals surface area contributed by atoms with Gasteiger partial charge in [0.05, 0.1) is 27.0 Å². The van der Waals surface area contributed by atoms with Crippen LogP contribution in [0.15, 0.2) is 39.6 Å². The molecule has 184 valence electrons. The highest BCUT2D eigenvalue weighted by Gasteiger charge is 2.30. The molecule has 1 heterocycles. The van der Waals surface area contributed by atoms with Crippen LogP contribution in [0, 0.1) is 5.92 Å². The number of hydrogen-bond acceptors (Lipinski definition) is 7. The van der Waals surface area contributed by atoms with Gasteiger partial charge in [-0.05, 0) is 48.7 Å². The van der Waals surface area contributed by atoms with Crippen molar-refractivity contribution in [2.75, 3.05) is 39.8 Å². The topological polar surface area (TPSA) is 97.7 Å². The number of hydrogen-bond donors (Lipinski definition) is 0. The van der Waals surface area contributed by atoms with Gasteiger partial charge in [0.15, 0.2) is 11.5 Å². The number of sulfonamides is 1. The van der Waals surface area contributed by atoms with Crippen LogP contribution in [0.4, 0.5) is 5.69 Å². The first-order valence-corrected chi connectivity index (χ1v) is 12.2. The minimum Gasteiger partial charge on any atom is -0.493 e. The first kappa shape index (κ1) is 25.4. The fourth-order valence-electron chi connectivity index (χ4n) is 3.91. The Balaban J connectivity index is 1.92. The normalized spacial score (nSPS) is 14.4. The molecule has 0 unspecified atom stereocenters. The van der Waals surface area contributed by atoms with E-state index in [-0.39, 0.29) is 22.9 Å². The SMILES string of the molecule is COc1cc(CN(C)C(=O)c2ccc3c(c2)S(=O)(=O)N=C(C)N3CC(C)C)cc(OC)c1OC. The second-order valence-corrected chi connectivity index (χ2v) is 10.1. The Bertz CT molecular complexity index is 1200. The van der Waals surface area contributed by atoms with Crippen molar-refractivity contribution in [2.45, 2.75) is 32.2 Å². The average Bonchev–Trinajstić information content (AvgIpc) is 2.79. The van der Waals surface area contributed by atoms with E-state index < -0.39 is 10.0 Å². The predicted molar refractivity (Wildman–Crippen MR) is 131 cm³/mol. The Labute approximate surface area is 201 Å². The van der Waals surface area contributed by atoms with Gasteiger partial charge in [0.25, 0.3) is 15.9 Å². The lowest BCUT2D eigenvalue weighted by Crippen LogP contribution is -2.37. The van der Waals surface area contributed by atoms with E-state index in [4.69, 9.17) is 14.2 Å². The molecular weight excluding hydrogens is 458 g/mol. The minimum atomic E-state index is -3.90. The molecule has 0 radical (unpaired) electrons. The van der Waals surface area contributed by atoms with Gasteiger partial charge in [-0.25, -0.2) is 0 Å². The first-order chi connectivity index (χ1) is 16.0. The molecule has 3 rings (SSSR count). The van der Waals surface area contributed by atoms with E-state index >= 15 is 0 Å². The Morgan fingerprint density at radius 2 is 1.68 bits per heavy atom. The first-order valence-electron chi connectivity index (χ1n) is 10.8. The number of benzene rings is 2. The zero-order valence-electron chi connectivity index (χ0n) is 20.6. The molecule has 0 aliphatic carbocycles. The summed E-state index contributed by atoms with van der Waals surface area (Å²) < 4.78 is 45.6. The molecule has 0 atom stereocenters. The van der Waals surface area contributed by atoms with E-state index in [1.165, 1.54) is 32.3 Å². The maximum atomic E-state index is 13.2. The molecule has 1 aliphatic rings. The van der Waals surface area contributed by atoms with Crippen LogP contribution in [-0.2, 0) is 16.6 Å². The molecule has 0 aromatic heterocycles. The molecule has 0 saturated carbocycles. The minimum absolute atomic E-state index is 0.0331. The van der Waals surface area contributed by atoms with Gasteiger partial charge in [-0.2, -0.15) is 8.42 Å². The molecule has 0 bridgehead atoms. The van der Waals surface area contributed by atoms with Gasteiger partial charge < -0.3 is 24.0 Å². The summed E-state index contributed by atoms with van der Waals surface area (Å²) in [5.74, 6) is 1.81. The fraction of sp³-hybridized carbons (Fsp3) is 0.417. The molecular formula is C24H31N3O6S. The second kappa shape index (κ2) is 9.92. The highest BCUT2D eigenvalue weighted by atomic mass is 32.2. The standard InChI is InChI=1S/C24H31N3O6S/c1-15(2)13-27-16(3)25-34(29,30)22-12-18(8-9-19(22)27)24(28)26(4)14-17-10-20(31-5)23(33-7)21(11-17)32-6/h8-12,15H,13-14H2,1-7H3. The molecule has 0 N–H and O–H groups in total. The quantitative estimate of drug-likeness (QED) is 0.559. The Morgan fingerprint density at radius 3 is 2.21 bits per heavy atom. The number of ether oxygens (including phenoxy) is 3. The number of fused-ring (bicyclic) bond motifs is 1. The van der Waals surface area contributed by atoms with Crippen molar-refractivity contribution in [3.63, 3.8) is 0 Å². The molecule has 0 fully saturated rings. The molecule has 0 spiro atoms. The highest BCUT2D eigenvalue weighted by molar-refractivity contribution is 7.90. The van der Waals surface area contributed by atoms with E-state index in [0.717, 1.165) is 5.56 Å². The summed E-state index contributed by atoms with van der Waals surface area (Å²) >= 11 is 0. The predicted octanol–water partition coefficient (Wildman–Crippen LogP) is 3.57. The summed E-state index contributed by atoms with van der Waals surface area (Å²) in [4.78, 5) is 16.6. The second-order valence-electron chi connectivity index (χ2n) is 8.50. The lowest BCUT2D eigenvalue weighted by Gasteiger charge is -2.31. The largest absolute Gasteiger partial charge is 0.493 e. The van der Waals surface area contributed by atoms with Crippen LogP contribution >= 0.6 is 0 Å². The number of amides is 1. The Morgan fingerprint density at radius 1 is 1.06 bits per heavy atom. The van der Waals surface area contributed by atoms with Gasteiger partial charge >= 0.3 is 0 Å². The fourth-order valence-corrected chi connectivity index (χ4v) is 5.17. The van der Waals surface area contributed by atoms with Gasteiger partial charge in [-0.15, -0.1) is 4.40 Å². The third-order valence-electron chi connectivity index (χ3n) is 5.46. The van der Waals surface area contributed by atoms with Crippen LogP contribution in [0.2, 0.25) is 0 Å². The van der Waals surface area contributed by atoms with Gasteiger partial charge in [0.1, 0.15) is 10.7 Å². The van der Waals surface area contributed by atoms with Gasteiger partial charge in [-0.1, -0.05) is 13.8 Å². The van der Waals surface area contributed by atoms with Crippen LogP contribution in [-0.4, -0.2) is 60.0 Å². The van der Waals surface area contributed by atoms with Crippen LogP contribution < -0.4 is 19.1 Å². The zero-order chi connectivity index (χ0) is 25.2. The summed E-state index contributed by atoms with van der Waals surface area (Å²) in [6.45, 7) is 6.63. The van der Waals surface area contributed by atoms with Crippen LogP contribution in [0.3, 0.4) is 0 Å². The molecule has 9 nitrogen and oxygen atoms in total. The van der Waals surface area contributed by atoms with Crippen LogP contribution in [0.5, 0.6) is 17.2 Å². The number of amidine groups is 1. The maximum Gasteiger partial charge on any atom is 0.286 e. The summed E-state index contributed by atoms with van der Waals surface area (Å²) in [7, 11) is 2.32. The molecule has 1 amide bonds. The monoisotopic (exact) mass is 489 g/mol. The number of carbonyl (C=O) groups excluding carboxylic acids is 1. The van der Waals surface area contributed by atoms with Gasteiger partial charge in [-0.3, -0.25) is 4.79 Å². The zero-order valence-corrected chi connectivity index (χ0v) is 21.4. The third-order valence-corrected chi connectivity index (χ3v) is 6.84. The van der Waals surface area contributed by atoms with Crippen molar-refractivity contribution in [3.05, 3.63) is 41.5 Å². The Hall–Kier alpha value is -3.27. The lowest BCUT2D eigenvalue weighted by molar-refractivity contribution is 0.0784. The number of anilines is 1. The number of methoxy groups -OCH3 is 3. The van der Waals surface area contributed by atoms with E-state index in [1.807, 2.05) is 18.7 Å². The molecule has 2 aromatic rings. The van der Waals surface area contributed by atoms with Crippen molar-refractivity contribution in [2.24, 2.45) is 10.3 Å². The van der Waals surface area contributed by atoms with Gasteiger partial charge in [0.2, 0.25) is 5.75 Å². The van der Waals surface area contributed by atoms with Crippen molar-refractivity contribution >= 4 is 27.5 Å². The van der Waals surface area contributed by atoms with Crippen molar-refractivity contribution < 1.29 is 27.4 Å².